The number of benzene rings is 1. The predicted molar refractivity (Wildman–Crippen MR) is 75.4 cm³/mol. The number of alkyl halides is 3. The van der Waals surface area contributed by atoms with Gasteiger partial charge in [0.1, 0.15) is 6.04 Å². The molecule has 1 aromatic rings. The molecule has 0 saturated carbocycles. The maximum atomic E-state index is 12.7. The molecule has 1 unspecified atom stereocenters. The fourth-order valence-electron chi connectivity index (χ4n) is 2.57. The van der Waals surface area contributed by atoms with Gasteiger partial charge in [0.25, 0.3) is 0 Å². The third-order valence-electron chi connectivity index (χ3n) is 3.97. The molecule has 1 saturated heterocycles. The number of hydrogen-bond acceptors (Lipinski definition) is 3. The molecule has 1 aliphatic rings. The zero-order valence-electron chi connectivity index (χ0n) is 12.3. The number of halogens is 3. The quantitative estimate of drug-likeness (QED) is 0.926. The second-order valence-corrected chi connectivity index (χ2v) is 5.52. The minimum atomic E-state index is -4.33. The number of rotatable bonds is 4. The van der Waals surface area contributed by atoms with Crippen LogP contribution in [0.5, 0.6) is 0 Å². The Morgan fingerprint density at radius 3 is 2.45 bits per heavy atom. The van der Waals surface area contributed by atoms with Gasteiger partial charge in [0.15, 0.2) is 0 Å². The molecule has 1 aromatic carbocycles. The van der Waals surface area contributed by atoms with E-state index < -0.39 is 23.8 Å². The van der Waals surface area contributed by atoms with Gasteiger partial charge in [-0.15, -0.1) is 0 Å². The molecular formula is C15H19F3N2O2. The molecule has 1 fully saturated rings. The van der Waals surface area contributed by atoms with Crippen molar-refractivity contribution in [3.05, 3.63) is 35.4 Å². The van der Waals surface area contributed by atoms with Crippen LogP contribution < -0.4 is 0 Å². The molecule has 0 aliphatic carbocycles. The molecule has 1 aliphatic heterocycles. The summed E-state index contributed by atoms with van der Waals surface area (Å²) in [5.74, 6) is -0.855. The highest BCUT2D eigenvalue weighted by Gasteiger charge is 2.30. The minimum absolute atomic E-state index is 0.444. The summed E-state index contributed by atoms with van der Waals surface area (Å²) in [6.07, 6.45) is -4.33. The molecule has 0 radical (unpaired) electrons. The van der Waals surface area contributed by atoms with Gasteiger partial charge >= 0.3 is 12.1 Å². The molecule has 0 aromatic heterocycles. The normalized spacial score (nSPS) is 19.1. The molecule has 0 bridgehead atoms. The smallest absolute Gasteiger partial charge is 0.416 e. The van der Waals surface area contributed by atoms with Crippen molar-refractivity contribution >= 4 is 5.97 Å². The van der Waals surface area contributed by atoms with Gasteiger partial charge in [0, 0.05) is 32.7 Å². The maximum absolute atomic E-state index is 12.7. The molecule has 4 nitrogen and oxygen atoms in total. The number of carboxylic acids is 1. The molecule has 22 heavy (non-hydrogen) atoms. The SMILES string of the molecule is CC(C(=O)O)N1CCN(Cc2cccc(C(F)(F)F)c2)CC1. The summed E-state index contributed by atoms with van der Waals surface area (Å²) in [4.78, 5) is 14.8. The van der Waals surface area contributed by atoms with Crippen LogP contribution in [0.15, 0.2) is 24.3 Å². The summed E-state index contributed by atoms with van der Waals surface area (Å²) in [5, 5.41) is 8.98. The van der Waals surface area contributed by atoms with Gasteiger partial charge in [-0.2, -0.15) is 13.2 Å². The number of hydrogen-bond donors (Lipinski definition) is 1. The third-order valence-corrected chi connectivity index (χ3v) is 3.97. The number of nitrogens with zero attached hydrogens (tertiary/aromatic N) is 2. The summed E-state index contributed by atoms with van der Waals surface area (Å²) < 4.78 is 38.1. The largest absolute Gasteiger partial charge is 0.480 e. The first-order chi connectivity index (χ1) is 10.3. The lowest BCUT2D eigenvalue weighted by Gasteiger charge is -2.36. The van der Waals surface area contributed by atoms with Gasteiger partial charge in [-0.25, -0.2) is 0 Å². The van der Waals surface area contributed by atoms with Crippen LogP contribution in [0.25, 0.3) is 0 Å². The zero-order chi connectivity index (χ0) is 16.3. The predicted octanol–water partition coefficient (Wildman–Crippen LogP) is 2.30. The summed E-state index contributed by atoms with van der Waals surface area (Å²) in [6.45, 7) is 4.59. The Kier molecular flexibility index (Phi) is 5.08. The van der Waals surface area contributed by atoms with E-state index >= 15 is 0 Å². The van der Waals surface area contributed by atoms with E-state index in [0.29, 0.717) is 38.3 Å². The van der Waals surface area contributed by atoms with Gasteiger partial charge in [-0.05, 0) is 18.6 Å². The van der Waals surface area contributed by atoms with E-state index in [1.165, 1.54) is 12.1 Å². The Balaban J connectivity index is 1.93. The number of carboxylic acid groups (broad SMARTS) is 1. The molecule has 0 spiro atoms. The Hall–Kier alpha value is -1.60. The molecule has 7 heteroatoms. The first kappa shape index (κ1) is 16.8. The second kappa shape index (κ2) is 6.66. The van der Waals surface area contributed by atoms with Crippen molar-refractivity contribution in [2.45, 2.75) is 25.7 Å². The molecule has 2 rings (SSSR count). The average molecular weight is 316 g/mol. The monoisotopic (exact) mass is 316 g/mol. The van der Waals surface area contributed by atoms with E-state index in [4.69, 9.17) is 5.11 Å². The van der Waals surface area contributed by atoms with E-state index in [9.17, 15) is 18.0 Å². The maximum Gasteiger partial charge on any atom is 0.416 e. The van der Waals surface area contributed by atoms with Crippen molar-refractivity contribution in [3.8, 4) is 0 Å². The van der Waals surface area contributed by atoms with Gasteiger partial charge in [-0.3, -0.25) is 14.6 Å². The van der Waals surface area contributed by atoms with Gasteiger partial charge in [0.2, 0.25) is 0 Å². The van der Waals surface area contributed by atoms with Crippen molar-refractivity contribution in [2.24, 2.45) is 0 Å². The van der Waals surface area contributed by atoms with Crippen LogP contribution in [0, 0.1) is 0 Å². The second-order valence-electron chi connectivity index (χ2n) is 5.52. The molecule has 1 atom stereocenters. The minimum Gasteiger partial charge on any atom is -0.480 e. The van der Waals surface area contributed by atoms with E-state index in [2.05, 4.69) is 0 Å². The van der Waals surface area contributed by atoms with E-state index in [0.717, 1.165) is 6.07 Å². The summed E-state index contributed by atoms with van der Waals surface area (Å²) >= 11 is 0. The highest BCUT2D eigenvalue weighted by Crippen LogP contribution is 2.29. The van der Waals surface area contributed by atoms with Crippen molar-refractivity contribution in [1.82, 2.24) is 9.80 Å². The van der Waals surface area contributed by atoms with Gasteiger partial charge < -0.3 is 5.11 Å². The third kappa shape index (κ3) is 4.20. The van der Waals surface area contributed by atoms with Crippen LogP contribution in [0.1, 0.15) is 18.1 Å². The first-order valence-electron chi connectivity index (χ1n) is 7.12. The number of piperazine rings is 1. The van der Waals surface area contributed by atoms with Crippen LogP contribution in [-0.2, 0) is 17.5 Å². The van der Waals surface area contributed by atoms with Gasteiger partial charge in [-0.1, -0.05) is 18.2 Å². The van der Waals surface area contributed by atoms with Crippen molar-refractivity contribution in [1.29, 1.82) is 0 Å². The molecule has 1 N–H and O–H groups in total. The van der Waals surface area contributed by atoms with E-state index in [-0.39, 0.29) is 0 Å². The number of carbonyl (C=O) groups is 1. The Morgan fingerprint density at radius 2 is 1.91 bits per heavy atom. The van der Waals surface area contributed by atoms with Crippen LogP contribution in [0.4, 0.5) is 13.2 Å². The molecule has 1 heterocycles. The van der Waals surface area contributed by atoms with Crippen LogP contribution in [0.2, 0.25) is 0 Å². The molecular weight excluding hydrogens is 297 g/mol. The summed E-state index contributed by atoms with van der Waals surface area (Å²) in [7, 11) is 0. The Labute approximate surface area is 127 Å². The van der Waals surface area contributed by atoms with Crippen molar-refractivity contribution in [3.63, 3.8) is 0 Å². The van der Waals surface area contributed by atoms with E-state index in [1.54, 1.807) is 13.0 Å². The Morgan fingerprint density at radius 1 is 1.27 bits per heavy atom. The lowest BCUT2D eigenvalue weighted by molar-refractivity contribution is -0.143. The number of aliphatic carboxylic acids is 1. The van der Waals surface area contributed by atoms with Crippen LogP contribution in [0.3, 0.4) is 0 Å². The summed E-state index contributed by atoms with van der Waals surface area (Å²) in [6, 6.07) is 4.81. The van der Waals surface area contributed by atoms with Crippen molar-refractivity contribution in [2.75, 3.05) is 26.2 Å². The van der Waals surface area contributed by atoms with Gasteiger partial charge in [0.05, 0.1) is 5.56 Å². The topological polar surface area (TPSA) is 43.8 Å². The summed E-state index contributed by atoms with van der Waals surface area (Å²) in [5.41, 5.74) is -0.0160. The lowest BCUT2D eigenvalue weighted by atomic mass is 10.1. The Bertz CT molecular complexity index is 526. The highest BCUT2D eigenvalue weighted by atomic mass is 19.4. The zero-order valence-corrected chi connectivity index (χ0v) is 12.3. The standard InChI is InChI=1S/C15H19F3N2O2/c1-11(14(21)22)20-7-5-19(6-8-20)10-12-3-2-4-13(9-12)15(16,17)18/h2-4,9,11H,5-8,10H2,1H3,(H,21,22). The fraction of sp³-hybridized carbons (Fsp3) is 0.533. The highest BCUT2D eigenvalue weighted by molar-refractivity contribution is 5.72. The van der Waals surface area contributed by atoms with Crippen LogP contribution >= 0.6 is 0 Å². The molecule has 122 valence electrons. The fourth-order valence-corrected chi connectivity index (χ4v) is 2.57. The van der Waals surface area contributed by atoms with E-state index in [1.807, 2.05) is 9.80 Å². The lowest BCUT2D eigenvalue weighted by Crippen LogP contribution is -2.51. The van der Waals surface area contributed by atoms with Crippen LogP contribution in [-0.4, -0.2) is 53.1 Å². The van der Waals surface area contributed by atoms with Crippen molar-refractivity contribution < 1.29 is 23.1 Å². The average Bonchev–Trinajstić information content (AvgIpc) is 2.46. The molecule has 0 amide bonds. The first-order valence-corrected chi connectivity index (χ1v) is 7.12.